The first kappa shape index (κ1) is 13.5. The highest BCUT2D eigenvalue weighted by molar-refractivity contribution is 6.07. The van der Waals surface area contributed by atoms with Gasteiger partial charge in [0, 0.05) is 24.3 Å². The minimum absolute atomic E-state index is 0.244. The molecule has 1 N–H and O–H groups in total. The van der Waals surface area contributed by atoms with Gasteiger partial charge in [-0.15, -0.1) is 0 Å². The van der Waals surface area contributed by atoms with E-state index in [0.717, 1.165) is 23.6 Å². The SMILES string of the molecule is O=C(O)[C@H]1CCCCN1C(=O)c1cncc2ccccc12. The van der Waals surface area contributed by atoms with Crippen molar-refractivity contribution in [3.05, 3.63) is 42.2 Å². The smallest absolute Gasteiger partial charge is 0.326 e. The maximum absolute atomic E-state index is 12.8. The van der Waals surface area contributed by atoms with E-state index >= 15 is 0 Å². The Hall–Kier alpha value is -2.43. The molecule has 2 heterocycles. The van der Waals surface area contributed by atoms with Crippen molar-refractivity contribution in [3.8, 4) is 0 Å². The molecule has 1 aromatic heterocycles. The molecule has 0 saturated carbocycles. The van der Waals surface area contributed by atoms with E-state index in [9.17, 15) is 14.7 Å². The first-order valence-corrected chi connectivity index (χ1v) is 7.05. The summed E-state index contributed by atoms with van der Waals surface area (Å²) < 4.78 is 0. The van der Waals surface area contributed by atoms with Crippen LogP contribution in [0.4, 0.5) is 0 Å². The molecule has 108 valence electrons. The van der Waals surface area contributed by atoms with Gasteiger partial charge in [-0.1, -0.05) is 24.3 Å². The molecule has 0 unspecified atom stereocenters. The van der Waals surface area contributed by atoms with Gasteiger partial charge in [0.1, 0.15) is 6.04 Å². The number of fused-ring (bicyclic) bond motifs is 1. The van der Waals surface area contributed by atoms with E-state index in [1.54, 1.807) is 6.20 Å². The Balaban J connectivity index is 2.01. The molecular formula is C16H16N2O3. The zero-order valence-corrected chi connectivity index (χ0v) is 11.5. The van der Waals surface area contributed by atoms with Crippen molar-refractivity contribution in [1.82, 2.24) is 9.88 Å². The lowest BCUT2D eigenvalue weighted by Crippen LogP contribution is -2.48. The van der Waals surface area contributed by atoms with Crippen LogP contribution in [0.2, 0.25) is 0 Å². The van der Waals surface area contributed by atoms with Gasteiger partial charge >= 0.3 is 5.97 Å². The van der Waals surface area contributed by atoms with Crippen molar-refractivity contribution in [2.24, 2.45) is 0 Å². The third kappa shape index (κ3) is 2.46. The van der Waals surface area contributed by atoms with Gasteiger partial charge in [-0.05, 0) is 24.6 Å². The number of likely N-dealkylation sites (tertiary alicyclic amines) is 1. The van der Waals surface area contributed by atoms with Crippen LogP contribution in [0.1, 0.15) is 29.6 Å². The number of piperidine rings is 1. The fourth-order valence-electron chi connectivity index (χ4n) is 2.87. The van der Waals surface area contributed by atoms with Crippen LogP contribution in [0, 0.1) is 0 Å². The zero-order valence-electron chi connectivity index (χ0n) is 11.5. The van der Waals surface area contributed by atoms with Crippen LogP contribution in [0.5, 0.6) is 0 Å². The Morgan fingerprint density at radius 1 is 1.19 bits per heavy atom. The number of carbonyl (C=O) groups is 2. The highest BCUT2D eigenvalue weighted by Gasteiger charge is 2.33. The van der Waals surface area contributed by atoms with Gasteiger partial charge in [-0.3, -0.25) is 9.78 Å². The van der Waals surface area contributed by atoms with Crippen molar-refractivity contribution in [2.75, 3.05) is 6.54 Å². The molecule has 5 nitrogen and oxygen atoms in total. The Labute approximate surface area is 122 Å². The lowest BCUT2D eigenvalue weighted by atomic mass is 10.00. The van der Waals surface area contributed by atoms with Crippen LogP contribution in [-0.4, -0.2) is 39.5 Å². The maximum atomic E-state index is 12.8. The molecule has 1 amide bonds. The maximum Gasteiger partial charge on any atom is 0.326 e. The molecule has 21 heavy (non-hydrogen) atoms. The van der Waals surface area contributed by atoms with Gasteiger partial charge < -0.3 is 10.0 Å². The second kappa shape index (κ2) is 5.52. The highest BCUT2D eigenvalue weighted by atomic mass is 16.4. The molecule has 2 aromatic rings. The molecule has 0 radical (unpaired) electrons. The van der Waals surface area contributed by atoms with E-state index in [4.69, 9.17) is 0 Å². The largest absolute Gasteiger partial charge is 0.480 e. The van der Waals surface area contributed by atoms with E-state index in [-0.39, 0.29) is 5.91 Å². The number of hydrogen-bond donors (Lipinski definition) is 1. The average molecular weight is 284 g/mol. The van der Waals surface area contributed by atoms with E-state index in [2.05, 4.69) is 4.98 Å². The van der Waals surface area contributed by atoms with Gasteiger partial charge in [0.15, 0.2) is 0 Å². The third-order valence-electron chi connectivity index (χ3n) is 3.95. The Morgan fingerprint density at radius 2 is 2.00 bits per heavy atom. The van der Waals surface area contributed by atoms with E-state index in [1.165, 1.54) is 11.1 Å². The Kier molecular flexibility index (Phi) is 3.56. The second-order valence-electron chi connectivity index (χ2n) is 5.26. The molecule has 1 aliphatic rings. The molecule has 1 aliphatic heterocycles. The highest BCUT2D eigenvalue weighted by Crippen LogP contribution is 2.23. The van der Waals surface area contributed by atoms with Crippen molar-refractivity contribution in [2.45, 2.75) is 25.3 Å². The van der Waals surface area contributed by atoms with Crippen LogP contribution in [0.15, 0.2) is 36.7 Å². The van der Waals surface area contributed by atoms with Crippen molar-refractivity contribution < 1.29 is 14.7 Å². The molecule has 0 bridgehead atoms. The number of nitrogens with zero attached hydrogens (tertiary/aromatic N) is 2. The molecule has 1 atom stereocenters. The molecule has 5 heteroatoms. The number of aromatic nitrogens is 1. The average Bonchev–Trinajstić information content (AvgIpc) is 2.53. The number of aliphatic carboxylic acids is 1. The molecule has 0 aliphatic carbocycles. The Morgan fingerprint density at radius 3 is 2.81 bits per heavy atom. The summed E-state index contributed by atoms with van der Waals surface area (Å²) in [5.41, 5.74) is 0.473. The summed E-state index contributed by atoms with van der Waals surface area (Å²) in [7, 11) is 0. The number of carbonyl (C=O) groups excluding carboxylic acids is 1. The van der Waals surface area contributed by atoms with Gasteiger partial charge in [0.25, 0.3) is 5.91 Å². The summed E-state index contributed by atoms with van der Waals surface area (Å²) in [4.78, 5) is 29.7. The van der Waals surface area contributed by atoms with Crippen LogP contribution in [0.25, 0.3) is 10.8 Å². The number of benzene rings is 1. The Bertz CT molecular complexity index is 693. The first-order valence-electron chi connectivity index (χ1n) is 7.05. The topological polar surface area (TPSA) is 70.5 Å². The zero-order chi connectivity index (χ0) is 14.8. The normalized spacial score (nSPS) is 18.7. The monoisotopic (exact) mass is 284 g/mol. The summed E-state index contributed by atoms with van der Waals surface area (Å²) in [6.45, 7) is 0.485. The van der Waals surface area contributed by atoms with E-state index < -0.39 is 12.0 Å². The number of amides is 1. The fraction of sp³-hybridized carbons (Fsp3) is 0.312. The van der Waals surface area contributed by atoms with Crippen LogP contribution < -0.4 is 0 Å². The van der Waals surface area contributed by atoms with Gasteiger partial charge in [0.05, 0.1) is 5.56 Å². The van der Waals surface area contributed by atoms with Crippen molar-refractivity contribution >= 4 is 22.6 Å². The minimum Gasteiger partial charge on any atom is -0.480 e. The quantitative estimate of drug-likeness (QED) is 0.918. The minimum atomic E-state index is -0.934. The van der Waals surface area contributed by atoms with Crippen molar-refractivity contribution in [1.29, 1.82) is 0 Å². The molecule has 3 rings (SSSR count). The predicted octanol–water partition coefficient (Wildman–Crippen LogP) is 2.31. The molecule has 0 spiro atoms. The lowest BCUT2D eigenvalue weighted by Gasteiger charge is -2.33. The number of hydrogen-bond acceptors (Lipinski definition) is 3. The first-order chi connectivity index (χ1) is 10.2. The van der Waals surface area contributed by atoms with Crippen LogP contribution in [-0.2, 0) is 4.79 Å². The van der Waals surface area contributed by atoms with Gasteiger partial charge in [-0.25, -0.2) is 4.79 Å². The standard InChI is InChI=1S/C16H16N2O3/c19-15(18-8-4-3-7-14(18)16(20)21)13-10-17-9-11-5-1-2-6-12(11)13/h1-2,5-6,9-10,14H,3-4,7-8H2,(H,20,21)/t14-/m1/s1. The van der Waals surface area contributed by atoms with Gasteiger partial charge in [0.2, 0.25) is 0 Å². The fourth-order valence-corrected chi connectivity index (χ4v) is 2.87. The lowest BCUT2D eigenvalue weighted by molar-refractivity contribution is -0.143. The van der Waals surface area contributed by atoms with E-state index in [0.29, 0.717) is 18.5 Å². The molecule has 1 saturated heterocycles. The van der Waals surface area contributed by atoms with Gasteiger partial charge in [-0.2, -0.15) is 0 Å². The number of carboxylic acid groups (broad SMARTS) is 1. The number of rotatable bonds is 2. The molecule has 1 fully saturated rings. The number of carboxylic acids is 1. The molecule has 1 aromatic carbocycles. The predicted molar refractivity (Wildman–Crippen MR) is 78.1 cm³/mol. The molecular weight excluding hydrogens is 268 g/mol. The summed E-state index contributed by atoms with van der Waals surface area (Å²) in [5, 5.41) is 11.0. The van der Waals surface area contributed by atoms with Crippen LogP contribution >= 0.6 is 0 Å². The summed E-state index contributed by atoms with van der Waals surface area (Å²) in [6, 6.07) is 6.78. The van der Waals surface area contributed by atoms with E-state index in [1.807, 2.05) is 24.3 Å². The second-order valence-corrected chi connectivity index (χ2v) is 5.26. The third-order valence-corrected chi connectivity index (χ3v) is 3.95. The van der Waals surface area contributed by atoms with Crippen LogP contribution in [0.3, 0.4) is 0 Å². The van der Waals surface area contributed by atoms with Crippen molar-refractivity contribution in [3.63, 3.8) is 0 Å². The number of pyridine rings is 1. The summed E-state index contributed by atoms with van der Waals surface area (Å²) in [5.74, 6) is -1.18. The summed E-state index contributed by atoms with van der Waals surface area (Å²) in [6.07, 6.45) is 5.43. The summed E-state index contributed by atoms with van der Waals surface area (Å²) >= 11 is 0.